The number of benzene rings is 1. The average molecular weight is 292 g/mol. The number of nitrogen functional groups attached to an aromatic ring is 1. The molecule has 2 rings (SSSR count). The average Bonchev–Trinajstić information content (AvgIpc) is 2.47. The Bertz CT molecular complexity index is 482. The molecule has 0 aliphatic heterocycles. The molecule has 1 saturated carbocycles. The second-order valence-electron chi connectivity index (χ2n) is 5.70. The van der Waals surface area contributed by atoms with Gasteiger partial charge in [-0.3, -0.25) is 4.79 Å². The Labute approximate surface area is 125 Å². The van der Waals surface area contributed by atoms with Gasteiger partial charge >= 0.3 is 0 Å². The third-order valence-electron chi connectivity index (χ3n) is 3.91. The molecule has 1 amide bonds. The topological polar surface area (TPSA) is 73.6 Å². The first-order valence-corrected chi connectivity index (χ1v) is 7.43. The lowest BCUT2D eigenvalue weighted by molar-refractivity contribution is -0.123. The van der Waals surface area contributed by atoms with Crippen molar-refractivity contribution in [2.24, 2.45) is 5.92 Å². The molecule has 0 saturated heterocycles. The summed E-state index contributed by atoms with van der Waals surface area (Å²) in [5, 5.41) is 2.78. The summed E-state index contributed by atoms with van der Waals surface area (Å²) in [6.07, 6.45) is 4.63. The van der Waals surface area contributed by atoms with Crippen molar-refractivity contribution in [2.45, 2.75) is 38.7 Å². The summed E-state index contributed by atoms with van der Waals surface area (Å²) >= 11 is 0. The van der Waals surface area contributed by atoms with Crippen LogP contribution in [-0.2, 0) is 9.53 Å². The van der Waals surface area contributed by atoms with Crippen molar-refractivity contribution in [3.05, 3.63) is 18.2 Å². The molecule has 1 aliphatic carbocycles. The highest BCUT2D eigenvalue weighted by Crippen LogP contribution is 2.27. The molecular weight excluding hydrogens is 268 g/mol. The maximum atomic E-state index is 12.0. The van der Waals surface area contributed by atoms with Crippen molar-refractivity contribution >= 4 is 17.3 Å². The van der Waals surface area contributed by atoms with Crippen LogP contribution in [0.3, 0.4) is 0 Å². The molecule has 1 aromatic rings. The predicted octanol–water partition coefficient (Wildman–Crippen LogP) is 2.81. The quantitative estimate of drug-likeness (QED) is 0.818. The molecule has 116 valence electrons. The van der Waals surface area contributed by atoms with E-state index in [4.69, 9.17) is 15.2 Å². The fourth-order valence-corrected chi connectivity index (χ4v) is 2.60. The number of anilines is 2. The van der Waals surface area contributed by atoms with Crippen LogP contribution in [0.1, 0.15) is 32.6 Å². The van der Waals surface area contributed by atoms with Crippen molar-refractivity contribution in [3.63, 3.8) is 0 Å². The number of hydrogen-bond acceptors (Lipinski definition) is 4. The lowest BCUT2D eigenvalue weighted by atomic mass is 9.89. The van der Waals surface area contributed by atoms with Gasteiger partial charge < -0.3 is 20.5 Å². The number of rotatable bonds is 5. The molecule has 0 spiro atoms. The largest absolute Gasteiger partial charge is 0.495 e. The van der Waals surface area contributed by atoms with E-state index in [1.165, 1.54) is 12.8 Å². The summed E-state index contributed by atoms with van der Waals surface area (Å²) in [7, 11) is 1.56. The van der Waals surface area contributed by atoms with Gasteiger partial charge in [0.05, 0.1) is 18.9 Å². The van der Waals surface area contributed by atoms with E-state index in [2.05, 4.69) is 12.2 Å². The summed E-state index contributed by atoms with van der Waals surface area (Å²) < 4.78 is 10.9. The molecule has 21 heavy (non-hydrogen) atoms. The highest BCUT2D eigenvalue weighted by molar-refractivity contribution is 5.93. The molecule has 5 heteroatoms. The highest BCUT2D eigenvalue weighted by Gasteiger charge is 2.19. The summed E-state index contributed by atoms with van der Waals surface area (Å²) in [4.78, 5) is 12.0. The van der Waals surface area contributed by atoms with Crippen molar-refractivity contribution in [2.75, 3.05) is 24.8 Å². The molecule has 5 nitrogen and oxygen atoms in total. The monoisotopic (exact) mass is 292 g/mol. The highest BCUT2D eigenvalue weighted by atomic mass is 16.5. The SMILES string of the molecule is COc1ccc(N)cc1NC(=O)COC1CCC(C)CC1. The zero-order valence-electron chi connectivity index (χ0n) is 12.7. The number of nitrogens with two attached hydrogens (primary N) is 1. The minimum absolute atomic E-state index is 0.0665. The predicted molar refractivity (Wildman–Crippen MR) is 83.4 cm³/mol. The van der Waals surface area contributed by atoms with E-state index in [9.17, 15) is 4.79 Å². The Morgan fingerprint density at radius 1 is 1.33 bits per heavy atom. The molecule has 1 aliphatic rings. The molecule has 1 aromatic carbocycles. The van der Waals surface area contributed by atoms with Gasteiger partial charge in [-0.25, -0.2) is 0 Å². The zero-order valence-corrected chi connectivity index (χ0v) is 12.7. The summed E-state index contributed by atoms with van der Waals surface area (Å²) in [5.74, 6) is 1.18. The lowest BCUT2D eigenvalue weighted by Gasteiger charge is -2.26. The minimum Gasteiger partial charge on any atom is -0.495 e. The fourth-order valence-electron chi connectivity index (χ4n) is 2.60. The molecule has 0 aromatic heterocycles. The van der Waals surface area contributed by atoms with Gasteiger partial charge in [0.2, 0.25) is 5.91 Å². The zero-order chi connectivity index (χ0) is 15.2. The summed E-state index contributed by atoms with van der Waals surface area (Å²) in [6, 6.07) is 5.14. The molecule has 1 fully saturated rings. The molecular formula is C16H24N2O3. The van der Waals surface area contributed by atoms with Crippen LogP contribution < -0.4 is 15.8 Å². The first-order valence-electron chi connectivity index (χ1n) is 7.43. The Kier molecular flexibility index (Phi) is 5.44. The van der Waals surface area contributed by atoms with Crippen LogP contribution in [0.15, 0.2) is 18.2 Å². The van der Waals surface area contributed by atoms with Gasteiger partial charge in [0, 0.05) is 5.69 Å². The number of carbonyl (C=O) groups excluding carboxylic acids is 1. The van der Waals surface area contributed by atoms with E-state index >= 15 is 0 Å². The first kappa shape index (κ1) is 15.6. The van der Waals surface area contributed by atoms with Crippen molar-refractivity contribution in [3.8, 4) is 5.75 Å². The third kappa shape index (κ3) is 4.63. The number of nitrogens with one attached hydrogen (secondary N) is 1. The Hall–Kier alpha value is -1.75. The van der Waals surface area contributed by atoms with Crippen LogP contribution >= 0.6 is 0 Å². The van der Waals surface area contributed by atoms with Crippen LogP contribution in [0.2, 0.25) is 0 Å². The van der Waals surface area contributed by atoms with Gasteiger partial charge in [-0.15, -0.1) is 0 Å². The van der Waals surface area contributed by atoms with Crippen LogP contribution in [-0.4, -0.2) is 25.7 Å². The van der Waals surface area contributed by atoms with Gasteiger partial charge in [-0.1, -0.05) is 6.92 Å². The van der Waals surface area contributed by atoms with Crippen LogP contribution in [0, 0.1) is 5.92 Å². The molecule has 0 heterocycles. The van der Waals surface area contributed by atoms with Crippen molar-refractivity contribution in [1.29, 1.82) is 0 Å². The van der Waals surface area contributed by atoms with Gasteiger partial charge in [-0.05, 0) is 49.8 Å². The van der Waals surface area contributed by atoms with Crippen molar-refractivity contribution in [1.82, 2.24) is 0 Å². The van der Waals surface area contributed by atoms with E-state index in [1.54, 1.807) is 25.3 Å². The number of carbonyl (C=O) groups is 1. The molecule has 0 radical (unpaired) electrons. The number of amides is 1. The number of methoxy groups -OCH3 is 1. The summed E-state index contributed by atoms with van der Waals surface area (Å²) in [5.41, 5.74) is 6.87. The Morgan fingerprint density at radius 2 is 2.05 bits per heavy atom. The molecule has 0 atom stereocenters. The van der Waals surface area contributed by atoms with Crippen LogP contribution in [0.4, 0.5) is 11.4 Å². The summed E-state index contributed by atoms with van der Waals surface area (Å²) in [6.45, 7) is 2.33. The van der Waals surface area contributed by atoms with E-state index in [-0.39, 0.29) is 18.6 Å². The van der Waals surface area contributed by atoms with E-state index in [1.807, 2.05) is 0 Å². The molecule has 3 N–H and O–H groups in total. The normalized spacial score (nSPS) is 21.8. The smallest absolute Gasteiger partial charge is 0.250 e. The molecule has 0 unspecified atom stereocenters. The van der Waals surface area contributed by atoms with Crippen LogP contribution in [0.25, 0.3) is 0 Å². The van der Waals surface area contributed by atoms with Gasteiger partial charge in [0.25, 0.3) is 0 Å². The van der Waals surface area contributed by atoms with Gasteiger partial charge in [-0.2, -0.15) is 0 Å². The fraction of sp³-hybridized carbons (Fsp3) is 0.562. The molecule has 0 bridgehead atoms. The maximum Gasteiger partial charge on any atom is 0.250 e. The van der Waals surface area contributed by atoms with E-state index < -0.39 is 0 Å². The number of hydrogen-bond donors (Lipinski definition) is 2. The standard InChI is InChI=1S/C16H24N2O3/c1-11-3-6-13(7-4-11)21-10-16(19)18-14-9-12(17)5-8-15(14)20-2/h5,8-9,11,13H,3-4,6-7,10,17H2,1-2H3,(H,18,19). The third-order valence-corrected chi connectivity index (χ3v) is 3.91. The van der Waals surface area contributed by atoms with Crippen molar-refractivity contribution < 1.29 is 14.3 Å². The van der Waals surface area contributed by atoms with Gasteiger partial charge in [0.1, 0.15) is 12.4 Å². The number of ether oxygens (including phenoxy) is 2. The second-order valence-corrected chi connectivity index (χ2v) is 5.70. The van der Waals surface area contributed by atoms with E-state index in [0.29, 0.717) is 17.1 Å². The van der Waals surface area contributed by atoms with Gasteiger partial charge in [0.15, 0.2) is 0 Å². The lowest BCUT2D eigenvalue weighted by Crippen LogP contribution is -2.26. The van der Waals surface area contributed by atoms with E-state index in [0.717, 1.165) is 18.8 Å². The Balaban J connectivity index is 1.83. The Morgan fingerprint density at radius 3 is 2.71 bits per heavy atom. The minimum atomic E-state index is -0.183. The maximum absolute atomic E-state index is 12.0. The van der Waals surface area contributed by atoms with Crippen LogP contribution in [0.5, 0.6) is 5.75 Å². The second kappa shape index (κ2) is 7.31. The first-order chi connectivity index (χ1) is 10.1.